The molecule has 2 aromatic carbocycles. The van der Waals surface area contributed by atoms with Crippen LogP contribution in [0.5, 0.6) is 5.75 Å². The highest BCUT2D eigenvalue weighted by atomic mass is 16.5. The van der Waals surface area contributed by atoms with Gasteiger partial charge >= 0.3 is 0 Å². The first-order chi connectivity index (χ1) is 13.1. The van der Waals surface area contributed by atoms with Crippen molar-refractivity contribution in [3.05, 3.63) is 60.0 Å². The highest BCUT2D eigenvalue weighted by molar-refractivity contribution is 5.96. The average molecular weight is 363 g/mol. The van der Waals surface area contributed by atoms with Crippen molar-refractivity contribution < 1.29 is 14.1 Å². The Kier molecular flexibility index (Phi) is 4.62. The van der Waals surface area contributed by atoms with Gasteiger partial charge in [0.2, 0.25) is 17.6 Å². The van der Waals surface area contributed by atoms with Gasteiger partial charge in [0.25, 0.3) is 0 Å². The zero-order valence-electron chi connectivity index (χ0n) is 15.4. The van der Waals surface area contributed by atoms with E-state index in [4.69, 9.17) is 9.26 Å². The van der Waals surface area contributed by atoms with Crippen molar-refractivity contribution >= 4 is 11.6 Å². The van der Waals surface area contributed by atoms with Crippen LogP contribution in [0.25, 0.3) is 11.4 Å². The predicted molar refractivity (Wildman–Crippen MR) is 102 cm³/mol. The Morgan fingerprint density at radius 2 is 2.04 bits per heavy atom. The summed E-state index contributed by atoms with van der Waals surface area (Å²) in [4.78, 5) is 18.8. The number of carbonyl (C=O) groups is 1. The minimum Gasteiger partial charge on any atom is -0.494 e. The lowest BCUT2D eigenvalue weighted by Crippen LogP contribution is -2.24. The number of benzene rings is 2. The molecule has 3 aromatic rings. The van der Waals surface area contributed by atoms with Crippen LogP contribution in [-0.2, 0) is 4.79 Å². The van der Waals surface area contributed by atoms with E-state index in [1.807, 2.05) is 62.4 Å². The molecule has 1 amide bonds. The zero-order valence-corrected chi connectivity index (χ0v) is 15.4. The van der Waals surface area contributed by atoms with Crippen molar-refractivity contribution in [2.24, 2.45) is 0 Å². The molecular weight excluding hydrogens is 342 g/mol. The van der Waals surface area contributed by atoms with Crippen LogP contribution in [0.2, 0.25) is 0 Å². The van der Waals surface area contributed by atoms with Crippen LogP contribution < -0.4 is 9.64 Å². The molecule has 0 N–H and O–H groups in total. The normalized spacial score (nSPS) is 16.7. The number of nitrogens with zero attached hydrogens (tertiary/aromatic N) is 3. The summed E-state index contributed by atoms with van der Waals surface area (Å²) < 4.78 is 11.0. The lowest BCUT2D eigenvalue weighted by Gasteiger charge is -2.16. The zero-order chi connectivity index (χ0) is 18.8. The van der Waals surface area contributed by atoms with Crippen LogP contribution >= 0.6 is 0 Å². The Labute approximate surface area is 157 Å². The standard InChI is InChI=1S/C21H21N3O3/c1-3-26-18-6-4-5-15(11-18)20-22-21(27-23-20)16-12-19(25)24(13-16)17-9-7-14(2)8-10-17/h4-11,16H,3,12-13H2,1-2H3. The molecule has 1 saturated heterocycles. The predicted octanol–water partition coefficient (Wildman–Crippen LogP) is 3.96. The van der Waals surface area contributed by atoms with Crippen molar-refractivity contribution in [2.75, 3.05) is 18.1 Å². The molecule has 0 aliphatic carbocycles. The van der Waals surface area contributed by atoms with Gasteiger partial charge < -0.3 is 14.2 Å². The minimum absolute atomic E-state index is 0.0712. The van der Waals surface area contributed by atoms with E-state index >= 15 is 0 Å². The molecule has 1 aliphatic rings. The fraction of sp³-hybridized carbons (Fsp3) is 0.286. The van der Waals surface area contributed by atoms with E-state index < -0.39 is 0 Å². The Morgan fingerprint density at radius 1 is 1.22 bits per heavy atom. The fourth-order valence-corrected chi connectivity index (χ4v) is 3.26. The van der Waals surface area contributed by atoms with E-state index in [-0.39, 0.29) is 11.8 Å². The van der Waals surface area contributed by atoms with Gasteiger partial charge in [0.1, 0.15) is 5.75 Å². The van der Waals surface area contributed by atoms with Crippen LogP contribution in [0.4, 0.5) is 5.69 Å². The molecule has 1 atom stereocenters. The van der Waals surface area contributed by atoms with Crippen LogP contribution in [0, 0.1) is 6.92 Å². The summed E-state index contributed by atoms with van der Waals surface area (Å²) in [6, 6.07) is 15.5. The molecule has 1 aliphatic heterocycles. The van der Waals surface area contributed by atoms with E-state index in [1.54, 1.807) is 4.90 Å². The number of aromatic nitrogens is 2. The Hall–Kier alpha value is -3.15. The Morgan fingerprint density at radius 3 is 2.81 bits per heavy atom. The second kappa shape index (κ2) is 7.23. The molecule has 0 saturated carbocycles. The maximum absolute atomic E-state index is 12.5. The lowest BCUT2D eigenvalue weighted by atomic mass is 10.1. The van der Waals surface area contributed by atoms with Gasteiger partial charge in [-0.25, -0.2) is 0 Å². The van der Waals surface area contributed by atoms with Crippen molar-refractivity contribution in [1.82, 2.24) is 10.1 Å². The highest BCUT2D eigenvalue weighted by Crippen LogP contribution is 2.32. The molecule has 0 radical (unpaired) electrons. The van der Waals surface area contributed by atoms with Crippen molar-refractivity contribution in [3.8, 4) is 17.1 Å². The molecule has 6 heteroatoms. The maximum atomic E-state index is 12.5. The van der Waals surface area contributed by atoms with E-state index in [9.17, 15) is 4.79 Å². The van der Waals surface area contributed by atoms with E-state index in [1.165, 1.54) is 0 Å². The number of amides is 1. The second-order valence-electron chi connectivity index (χ2n) is 6.66. The van der Waals surface area contributed by atoms with Crippen molar-refractivity contribution in [3.63, 3.8) is 0 Å². The lowest BCUT2D eigenvalue weighted by molar-refractivity contribution is -0.117. The molecule has 0 bridgehead atoms. The molecule has 138 valence electrons. The van der Waals surface area contributed by atoms with Gasteiger partial charge in [0.05, 0.1) is 12.5 Å². The number of hydrogen-bond donors (Lipinski definition) is 0. The number of anilines is 1. The molecule has 1 unspecified atom stereocenters. The number of aryl methyl sites for hydroxylation is 1. The van der Waals surface area contributed by atoms with Gasteiger partial charge in [-0.3, -0.25) is 4.79 Å². The minimum atomic E-state index is -0.102. The number of hydrogen-bond acceptors (Lipinski definition) is 5. The molecule has 1 fully saturated rings. The largest absolute Gasteiger partial charge is 0.494 e. The van der Waals surface area contributed by atoms with Crippen LogP contribution in [0.15, 0.2) is 53.1 Å². The molecule has 6 nitrogen and oxygen atoms in total. The van der Waals surface area contributed by atoms with Gasteiger partial charge in [-0.05, 0) is 38.1 Å². The average Bonchev–Trinajstić information content (AvgIpc) is 3.30. The third-order valence-corrected chi connectivity index (χ3v) is 4.66. The quantitative estimate of drug-likeness (QED) is 0.686. The summed E-state index contributed by atoms with van der Waals surface area (Å²) in [5.41, 5.74) is 2.89. The van der Waals surface area contributed by atoms with Gasteiger partial charge in [0, 0.05) is 24.2 Å². The molecule has 27 heavy (non-hydrogen) atoms. The number of ether oxygens (including phenoxy) is 1. The molecule has 1 aromatic heterocycles. The first kappa shape index (κ1) is 17.3. The van der Waals surface area contributed by atoms with Gasteiger partial charge in [-0.1, -0.05) is 35.0 Å². The summed E-state index contributed by atoms with van der Waals surface area (Å²) >= 11 is 0. The monoisotopic (exact) mass is 363 g/mol. The number of rotatable bonds is 5. The first-order valence-electron chi connectivity index (χ1n) is 9.08. The molecule has 2 heterocycles. The molecule has 0 spiro atoms. The summed E-state index contributed by atoms with van der Waals surface area (Å²) in [5, 5.41) is 4.10. The van der Waals surface area contributed by atoms with E-state index in [2.05, 4.69) is 10.1 Å². The third-order valence-electron chi connectivity index (χ3n) is 4.66. The Bertz CT molecular complexity index is 949. The van der Waals surface area contributed by atoms with Crippen molar-refractivity contribution in [1.29, 1.82) is 0 Å². The van der Waals surface area contributed by atoms with Gasteiger partial charge in [-0.2, -0.15) is 4.98 Å². The first-order valence-corrected chi connectivity index (χ1v) is 9.08. The van der Waals surface area contributed by atoms with Gasteiger partial charge in [-0.15, -0.1) is 0 Å². The smallest absolute Gasteiger partial charge is 0.232 e. The second-order valence-corrected chi connectivity index (χ2v) is 6.66. The summed E-state index contributed by atoms with van der Waals surface area (Å²) in [6.45, 7) is 5.11. The van der Waals surface area contributed by atoms with Crippen LogP contribution in [0.1, 0.15) is 30.7 Å². The summed E-state index contributed by atoms with van der Waals surface area (Å²) in [7, 11) is 0. The SMILES string of the molecule is CCOc1cccc(-c2noc(C3CC(=O)N(c4ccc(C)cc4)C3)n2)c1. The van der Waals surface area contributed by atoms with Crippen LogP contribution in [-0.4, -0.2) is 29.2 Å². The Balaban J connectivity index is 1.53. The summed E-state index contributed by atoms with van der Waals surface area (Å²) in [6.07, 6.45) is 0.370. The highest BCUT2D eigenvalue weighted by Gasteiger charge is 2.35. The van der Waals surface area contributed by atoms with E-state index in [0.29, 0.717) is 31.3 Å². The fourth-order valence-electron chi connectivity index (χ4n) is 3.26. The maximum Gasteiger partial charge on any atom is 0.232 e. The topological polar surface area (TPSA) is 68.5 Å². The van der Waals surface area contributed by atoms with Gasteiger partial charge in [0.15, 0.2) is 0 Å². The van der Waals surface area contributed by atoms with Crippen molar-refractivity contribution in [2.45, 2.75) is 26.2 Å². The molecular formula is C21H21N3O3. The van der Waals surface area contributed by atoms with E-state index in [0.717, 1.165) is 22.6 Å². The van der Waals surface area contributed by atoms with Crippen LogP contribution in [0.3, 0.4) is 0 Å². The molecule has 4 rings (SSSR count). The third kappa shape index (κ3) is 3.56. The number of carbonyl (C=O) groups excluding carboxylic acids is 1. The summed E-state index contributed by atoms with van der Waals surface area (Å²) in [5.74, 6) is 1.74.